The van der Waals surface area contributed by atoms with Crippen molar-refractivity contribution in [2.45, 2.75) is 11.8 Å². The van der Waals surface area contributed by atoms with Gasteiger partial charge in [0.1, 0.15) is 22.5 Å². The lowest BCUT2D eigenvalue weighted by Crippen LogP contribution is -2.68. The molecule has 0 atom stereocenters. The van der Waals surface area contributed by atoms with Crippen LogP contribution in [0.3, 0.4) is 0 Å². The van der Waals surface area contributed by atoms with Gasteiger partial charge in [0.15, 0.2) is 0 Å². The molecule has 0 amide bonds. The van der Waals surface area contributed by atoms with Crippen LogP contribution in [0.2, 0.25) is 0 Å². The maximum Gasteiger partial charge on any atom is 0.141 e. The van der Waals surface area contributed by atoms with Crippen LogP contribution in [0.5, 0.6) is 0 Å². The fourth-order valence-electron chi connectivity index (χ4n) is 1.03. The summed E-state index contributed by atoms with van der Waals surface area (Å²) in [7, 11) is -4.28. The molecule has 1 aromatic rings. The van der Waals surface area contributed by atoms with Gasteiger partial charge in [-0.1, -0.05) is 18.2 Å². The van der Waals surface area contributed by atoms with Crippen molar-refractivity contribution >= 4 is 10.1 Å². The van der Waals surface area contributed by atoms with Gasteiger partial charge in [-0.3, -0.25) is 0 Å². The highest BCUT2D eigenvalue weighted by Crippen LogP contribution is 2.12. The molecule has 1 aliphatic rings. The molecular weight excluding hydrogens is 230 g/mol. The van der Waals surface area contributed by atoms with Gasteiger partial charge in [-0.05, 0) is 18.6 Å². The number of quaternary nitrogens is 1. The number of nitrogens with zero attached hydrogens (tertiary/aromatic N) is 2. The summed E-state index contributed by atoms with van der Waals surface area (Å²) in [5.74, 6) is 0. The number of nitrogens with two attached hydrogens (primary N) is 1. The number of aryl methyl sites for hydroxylation is 1. The maximum absolute atomic E-state index is 10.5. The highest BCUT2D eigenvalue weighted by atomic mass is 32.2. The van der Waals surface area contributed by atoms with Gasteiger partial charge < -0.3 is 4.55 Å². The monoisotopic (exact) mass is 241 g/mol. The fraction of sp³-hybridized carbons (Fsp3) is 0.111. The van der Waals surface area contributed by atoms with E-state index in [1.165, 1.54) is 12.1 Å². The summed E-state index contributed by atoms with van der Waals surface area (Å²) in [5, 5.41) is 6.94. The Balaban J connectivity index is 0.000000212. The molecule has 0 aromatic heterocycles. The van der Waals surface area contributed by atoms with Crippen LogP contribution in [0.25, 0.3) is 0 Å². The lowest BCUT2D eigenvalue weighted by molar-refractivity contribution is -0.595. The second-order valence-corrected chi connectivity index (χ2v) is 4.29. The lowest BCUT2D eigenvalue weighted by atomic mass is 10.2. The first-order valence-corrected chi connectivity index (χ1v) is 5.82. The van der Waals surface area contributed by atoms with Crippen LogP contribution in [0.1, 0.15) is 5.56 Å². The smallest absolute Gasteiger partial charge is 0.141 e. The van der Waals surface area contributed by atoms with Gasteiger partial charge in [-0.15, -0.1) is 5.11 Å². The second-order valence-electron chi connectivity index (χ2n) is 2.94. The molecule has 7 heteroatoms. The minimum absolute atomic E-state index is 0.139. The molecule has 0 fully saturated rings. The topological polar surface area (TPSA) is 98.5 Å². The average Bonchev–Trinajstić information content (AvgIpc) is 2.74. The summed E-state index contributed by atoms with van der Waals surface area (Å²) in [4.78, 5) is -0.139. The Labute approximate surface area is 93.4 Å². The number of benzene rings is 1. The number of hydrogen-bond acceptors (Lipinski definition) is 5. The van der Waals surface area contributed by atoms with Gasteiger partial charge in [0, 0.05) is 5.22 Å². The second kappa shape index (κ2) is 5.50. The van der Waals surface area contributed by atoms with Crippen molar-refractivity contribution < 1.29 is 18.4 Å². The van der Waals surface area contributed by atoms with Crippen LogP contribution >= 0.6 is 0 Å². The Kier molecular flexibility index (Phi) is 4.29. The first-order valence-electron chi connectivity index (χ1n) is 4.41. The largest absolute Gasteiger partial charge is 0.744 e. The van der Waals surface area contributed by atoms with Crippen molar-refractivity contribution in [1.82, 2.24) is 0 Å². The first kappa shape index (κ1) is 12.5. The van der Waals surface area contributed by atoms with Gasteiger partial charge in [0.2, 0.25) is 0 Å². The van der Waals surface area contributed by atoms with Gasteiger partial charge in [-0.25, -0.2) is 8.42 Å². The minimum atomic E-state index is -4.28. The van der Waals surface area contributed by atoms with Gasteiger partial charge >= 0.3 is 0 Å². The third-order valence-corrected chi connectivity index (χ3v) is 2.73. The van der Waals surface area contributed by atoms with Crippen molar-refractivity contribution in [3.63, 3.8) is 0 Å². The van der Waals surface area contributed by atoms with E-state index in [1.54, 1.807) is 36.9 Å². The molecule has 1 aromatic carbocycles. The standard InChI is InChI=1S/C7H8O3S.C2H3N3/c1-6-4-2-3-5-7(6)11(8,9)10;1-2-4-5-3-1/h2-5H,1H3,(H,8,9,10);1-2H,(H,3,4,5). The van der Waals surface area contributed by atoms with E-state index in [2.05, 4.69) is 10.3 Å². The molecule has 6 nitrogen and oxygen atoms in total. The zero-order valence-electron chi connectivity index (χ0n) is 8.57. The summed E-state index contributed by atoms with van der Waals surface area (Å²) < 4.78 is 31.5. The van der Waals surface area contributed by atoms with E-state index >= 15 is 0 Å². The molecule has 0 spiro atoms. The average molecular weight is 241 g/mol. The SMILES string of the molecule is C1=C[NH2+]N=N1.Cc1ccccc1S(=O)(=O)[O-]. The van der Waals surface area contributed by atoms with Crippen LogP contribution in [0.15, 0.2) is 51.9 Å². The fourth-order valence-corrected chi connectivity index (χ4v) is 1.74. The molecular formula is C9H11N3O3S. The van der Waals surface area contributed by atoms with Gasteiger partial charge in [0.25, 0.3) is 0 Å². The highest BCUT2D eigenvalue weighted by molar-refractivity contribution is 7.85. The Morgan fingerprint density at radius 3 is 2.31 bits per heavy atom. The van der Waals surface area contributed by atoms with Crippen LogP contribution in [-0.4, -0.2) is 13.0 Å². The molecule has 0 saturated heterocycles. The van der Waals surface area contributed by atoms with Crippen LogP contribution in [0.4, 0.5) is 0 Å². The molecule has 16 heavy (non-hydrogen) atoms. The van der Waals surface area contributed by atoms with Crippen molar-refractivity contribution in [2.24, 2.45) is 10.3 Å². The van der Waals surface area contributed by atoms with E-state index in [0.29, 0.717) is 5.56 Å². The van der Waals surface area contributed by atoms with E-state index in [-0.39, 0.29) is 4.90 Å². The van der Waals surface area contributed by atoms with Crippen molar-refractivity contribution in [3.05, 3.63) is 42.2 Å². The van der Waals surface area contributed by atoms with E-state index < -0.39 is 10.1 Å². The first-order chi connectivity index (χ1) is 7.52. The molecule has 0 unspecified atom stereocenters. The molecule has 0 aliphatic carbocycles. The van der Waals surface area contributed by atoms with Crippen molar-refractivity contribution in [1.29, 1.82) is 0 Å². The van der Waals surface area contributed by atoms with Crippen LogP contribution in [0, 0.1) is 6.92 Å². The van der Waals surface area contributed by atoms with Crippen molar-refractivity contribution in [3.8, 4) is 0 Å². The molecule has 2 rings (SSSR count). The number of rotatable bonds is 1. The lowest BCUT2D eigenvalue weighted by Gasteiger charge is -2.08. The summed E-state index contributed by atoms with van der Waals surface area (Å²) in [6, 6.07) is 6.10. The Morgan fingerprint density at radius 1 is 1.31 bits per heavy atom. The van der Waals surface area contributed by atoms with E-state index in [9.17, 15) is 13.0 Å². The normalized spacial score (nSPS) is 13.4. The van der Waals surface area contributed by atoms with Gasteiger partial charge in [0.05, 0.1) is 4.90 Å². The van der Waals surface area contributed by atoms with Gasteiger partial charge in [-0.2, -0.15) is 5.43 Å². The van der Waals surface area contributed by atoms with Crippen LogP contribution < -0.4 is 5.43 Å². The quantitative estimate of drug-likeness (QED) is 0.565. The summed E-state index contributed by atoms with van der Waals surface area (Å²) in [5.41, 5.74) is 2.13. The van der Waals surface area contributed by atoms with E-state index in [1.807, 2.05) is 0 Å². The zero-order chi connectivity index (χ0) is 12.0. The summed E-state index contributed by atoms with van der Waals surface area (Å²) in [6.45, 7) is 1.59. The van der Waals surface area contributed by atoms with Crippen LogP contribution in [-0.2, 0) is 10.1 Å². The highest BCUT2D eigenvalue weighted by Gasteiger charge is 2.02. The third-order valence-electron chi connectivity index (χ3n) is 1.74. The molecule has 0 saturated carbocycles. The summed E-state index contributed by atoms with van der Waals surface area (Å²) >= 11 is 0. The molecule has 0 bridgehead atoms. The Bertz CT molecular complexity index is 498. The van der Waals surface area contributed by atoms with E-state index in [0.717, 1.165) is 0 Å². The molecule has 86 valence electrons. The zero-order valence-corrected chi connectivity index (χ0v) is 9.39. The Hall–Kier alpha value is -1.57. The molecule has 1 heterocycles. The maximum atomic E-state index is 10.5. The van der Waals surface area contributed by atoms with E-state index in [4.69, 9.17) is 0 Å². The van der Waals surface area contributed by atoms with Crippen molar-refractivity contribution in [2.75, 3.05) is 0 Å². The molecule has 1 aliphatic heterocycles. The Morgan fingerprint density at radius 2 is 2.00 bits per heavy atom. The minimum Gasteiger partial charge on any atom is -0.744 e. The predicted molar refractivity (Wildman–Crippen MR) is 55.1 cm³/mol. The number of hydrogen-bond donors (Lipinski definition) is 1. The summed E-state index contributed by atoms with van der Waals surface area (Å²) in [6.07, 6.45) is 3.42. The predicted octanol–water partition coefficient (Wildman–Crippen LogP) is 0.301. The molecule has 2 N–H and O–H groups in total. The third kappa shape index (κ3) is 3.89. The molecule has 0 radical (unpaired) electrons.